The SMILES string of the molecule is O=S(=O)(NC1CCN2CCCC12)N1CCCC(CO)C1. The Bertz CT molecular complexity index is 442. The Morgan fingerprint density at radius 2 is 1.90 bits per heavy atom. The molecule has 3 unspecified atom stereocenters. The number of fused-ring (bicyclic) bond motifs is 1. The second-order valence-electron chi connectivity index (χ2n) is 6.31. The Kier molecular flexibility index (Phi) is 4.33. The zero-order chi connectivity index (χ0) is 14.2. The van der Waals surface area contributed by atoms with Crippen LogP contribution in [-0.4, -0.2) is 67.6 Å². The van der Waals surface area contributed by atoms with Gasteiger partial charge in [-0.25, -0.2) is 0 Å². The Morgan fingerprint density at radius 3 is 2.70 bits per heavy atom. The Hall–Kier alpha value is -0.210. The molecule has 0 aromatic heterocycles. The molecule has 3 heterocycles. The van der Waals surface area contributed by atoms with Crippen LogP contribution in [0.2, 0.25) is 0 Å². The van der Waals surface area contributed by atoms with Gasteiger partial charge in [0.2, 0.25) is 0 Å². The summed E-state index contributed by atoms with van der Waals surface area (Å²) in [6.45, 7) is 3.22. The highest BCUT2D eigenvalue weighted by Gasteiger charge is 2.40. The van der Waals surface area contributed by atoms with E-state index in [1.165, 1.54) is 10.7 Å². The van der Waals surface area contributed by atoms with Gasteiger partial charge in [0.1, 0.15) is 0 Å². The molecule has 116 valence electrons. The summed E-state index contributed by atoms with van der Waals surface area (Å²) in [7, 11) is -3.40. The number of nitrogens with one attached hydrogen (secondary N) is 1. The van der Waals surface area contributed by atoms with E-state index in [4.69, 9.17) is 0 Å². The van der Waals surface area contributed by atoms with Crippen molar-refractivity contribution in [1.82, 2.24) is 13.9 Å². The van der Waals surface area contributed by atoms with E-state index in [9.17, 15) is 13.5 Å². The number of hydrogen-bond acceptors (Lipinski definition) is 4. The molecule has 7 heteroatoms. The molecular weight excluding hydrogens is 278 g/mol. The van der Waals surface area contributed by atoms with E-state index < -0.39 is 10.2 Å². The molecule has 0 bridgehead atoms. The first kappa shape index (κ1) is 14.7. The van der Waals surface area contributed by atoms with Crippen molar-refractivity contribution in [1.29, 1.82) is 0 Å². The number of aliphatic hydroxyl groups is 1. The largest absolute Gasteiger partial charge is 0.396 e. The van der Waals surface area contributed by atoms with Gasteiger partial charge in [0.05, 0.1) is 0 Å². The van der Waals surface area contributed by atoms with Gasteiger partial charge in [0.25, 0.3) is 10.2 Å². The van der Waals surface area contributed by atoms with Crippen LogP contribution in [0.5, 0.6) is 0 Å². The van der Waals surface area contributed by atoms with Gasteiger partial charge in [0, 0.05) is 38.3 Å². The lowest BCUT2D eigenvalue weighted by atomic mass is 10.0. The second-order valence-corrected chi connectivity index (χ2v) is 8.01. The van der Waals surface area contributed by atoms with Crippen molar-refractivity contribution in [2.45, 2.75) is 44.2 Å². The number of hydrogen-bond donors (Lipinski definition) is 2. The fourth-order valence-electron chi connectivity index (χ4n) is 3.88. The van der Waals surface area contributed by atoms with E-state index in [-0.39, 0.29) is 18.6 Å². The van der Waals surface area contributed by atoms with Crippen molar-refractivity contribution in [3.8, 4) is 0 Å². The lowest BCUT2D eigenvalue weighted by molar-refractivity contribution is 0.164. The van der Waals surface area contributed by atoms with Crippen LogP contribution < -0.4 is 4.72 Å². The van der Waals surface area contributed by atoms with Crippen LogP contribution in [0.15, 0.2) is 0 Å². The predicted molar refractivity (Wildman–Crippen MR) is 76.4 cm³/mol. The van der Waals surface area contributed by atoms with E-state index in [2.05, 4.69) is 9.62 Å². The van der Waals surface area contributed by atoms with Gasteiger partial charge in [-0.2, -0.15) is 17.4 Å². The van der Waals surface area contributed by atoms with Crippen LogP contribution in [0.4, 0.5) is 0 Å². The summed E-state index contributed by atoms with van der Waals surface area (Å²) in [6, 6.07) is 0.459. The van der Waals surface area contributed by atoms with Gasteiger partial charge in [-0.05, 0) is 44.6 Å². The highest BCUT2D eigenvalue weighted by molar-refractivity contribution is 7.87. The minimum atomic E-state index is -3.40. The Morgan fingerprint density at radius 1 is 1.10 bits per heavy atom. The first-order valence-electron chi connectivity index (χ1n) is 7.72. The lowest BCUT2D eigenvalue weighted by Gasteiger charge is -2.32. The van der Waals surface area contributed by atoms with Crippen molar-refractivity contribution >= 4 is 10.2 Å². The van der Waals surface area contributed by atoms with Crippen LogP contribution in [-0.2, 0) is 10.2 Å². The molecule has 3 rings (SSSR count). The summed E-state index contributed by atoms with van der Waals surface area (Å²) < 4.78 is 29.5. The topological polar surface area (TPSA) is 72.9 Å². The summed E-state index contributed by atoms with van der Waals surface area (Å²) in [5.74, 6) is 0.0897. The first-order valence-corrected chi connectivity index (χ1v) is 9.16. The van der Waals surface area contributed by atoms with E-state index >= 15 is 0 Å². The fourth-order valence-corrected chi connectivity index (χ4v) is 5.46. The lowest BCUT2D eigenvalue weighted by Crippen LogP contribution is -2.51. The van der Waals surface area contributed by atoms with E-state index in [1.54, 1.807) is 0 Å². The maximum atomic E-state index is 12.5. The van der Waals surface area contributed by atoms with Crippen LogP contribution in [0, 0.1) is 5.92 Å². The number of piperidine rings is 1. The molecule has 3 fully saturated rings. The third-order valence-corrected chi connectivity index (χ3v) is 6.60. The molecule has 3 aliphatic heterocycles. The van der Waals surface area contributed by atoms with Crippen molar-refractivity contribution in [3.05, 3.63) is 0 Å². The highest BCUT2D eigenvalue weighted by atomic mass is 32.2. The average molecular weight is 303 g/mol. The van der Waals surface area contributed by atoms with Crippen LogP contribution in [0.25, 0.3) is 0 Å². The molecule has 0 spiro atoms. The normalized spacial score (nSPS) is 36.4. The highest BCUT2D eigenvalue weighted by Crippen LogP contribution is 2.29. The van der Waals surface area contributed by atoms with Crippen molar-refractivity contribution in [3.63, 3.8) is 0 Å². The summed E-state index contributed by atoms with van der Waals surface area (Å²) in [4.78, 5) is 2.40. The monoisotopic (exact) mass is 303 g/mol. The smallest absolute Gasteiger partial charge is 0.279 e. The van der Waals surface area contributed by atoms with E-state index in [0.29, 0.717) is 19.1 Å². The summed E-state index contributed by atoms with van der Waals surface area (Å²) >= 11 is 0. The number of nitrogens with zero attached hydrogens (tertiary/aromatic N) is 2. The zero-order valence-electron chi connectivity index (χ0n) is 11.9. The molecule has 0 saturated carbocycles. The van der Waals surface area contributed by atoms with Gasteiger partial charge >= 0.3 is 0 Å². The molecule has 0 aromatic rings. The molecule has 0 aliphatic carbocycles. The van der Waals surface area contributed by atoms with Gasteiger partial charge in [-0.3, -0.25) is 4.90 Å². The summed E-state index contributed by atoms with van der Waals surface area (Å²) in [5.41, 5.74) is 0. The average Bonchev–Trinajstić information content (AvgIpc) is 3.04. The maximum absolute atomic E-state index is 12.5. The van der Waals surface area contributed by atoms with Gasteiger partial charge < -0.3 is 5.11 Å². The van der Waals surface area contributed by atoms with Crippen molar-refractivity contribution in [2.24, 2.45) is 5.92 Å². The molecule has 3 saturated heterocycles. The van der Waals surface area contributed by atoms with Crippen LogP contribution >= 0.6 is 0 Å². The predicted octanol–water partition coefficient (Wildman–Crippen LogP) is -0.238. The molecule has 0 aromatic carbocycles. The van der Waals surface area contributed by atoms with Crippen molar-refractivity contribution < 1.29 is 13.5 Å². The molecule has 0 radical (unpaired) electrons. The minimum Gasteiger partial charge on any atom is -0.396 e. The molecule has 3 atom stereocenters. The Balaban J connectivity index is 1.63. The standard InChI is InChI=1S/C13H25N3O3S/c17-10-11-3-1-7-16(9-11)20(18,19)14-12-5-8-15-6-2-4-13(12)15/h11-14,17H,1-10H2. The van der Waals surface area contributed by atoms with Gasteiger partial charge in [-0.1, -0.05) is 0 Å². The van der Waals surface area contributed by atoms with E-state index in [1.807, 2.05) is 0 Å². The minimum absolute atomic E-state index is 0.0667. The fraction of sp³-hybridized carbons (Fsp3) is 1.00. The second kappa shape index (κ2) is 5.88. The van der Waals surface area contributed by atoms with Gasteiger partial charge in [-0.15, -0.1) is 0 Å². The van der Waals surface area contributed by atoms with E-state index in [0.717, 1.165) is 38.8 Å². The molecular formula is C13H25N3O3S. The number of rotatable bonds is 4. The first-order chi connectivity index (χ1) is 9.60. The summed E-state index contributed by atoms with van der Waals surface area (Å²) in [5, 5.41) is 9.23. The van der Waals surface area contributed by atoms with Gasteiger partial charge in [0.15, 0.2) is 0 Å². The number of aliphatic hydroxyl groups excluding tert-OH is 1. The quantitative estimate of drug-likeness (QED) is 0.752. The molecule has 6 nitrogen and oxygen atoms in total. The summed E-state index contributed by atoms with van der Waals surface area (Å²) in [6.07, 6.45) is 4.96. The van der Waals surface area contributed by atoms with Crippen LogP contribution in [0.1, 0.15) is 32.1 Å². The third-order valence-electron chi connectivity index (χ3n) is 4.99. The molecule has 2 N–H and O–H groups in total. The Labute approximate surface area is 121 Å². The molecule has 20 heavy (non-hydrogen) atoms. The zero-order valence-corrected chi connectivity index (χ0v) is 12.7. The molecule has 3 aliphatic rings. The molecule has 0 amide bonds. The van der Waals surface area contributed by atoms with Crippen molar-refractivity contribution in [2.75, 3.05) is 32.8 Å². The third kappa shape index (κ3) is 2.87. The maximum Gasteiger partial charge on any atom is 0.279 e. The van der Waals surface area contributed by atoms with Crippen LogP contribution in [0.3, 0.4) is 0 Å².